The van der Waals surface area contributed by atoms with Crippen LogP contribution < -0.4 is 0 Å². The molecule has 1 saturated heterocycles. The molecule has 0 radical (unpaired) electrons. The van der Waals surface area contributed by atoms with E-state index < -0.39 is 0 Å². The Morgan fingerprint density at radius 2 is 2.22 bits per heavy atom. The standard InChI is InChI=1S/C14H17BrINO/c1-9(2)13-4-3-7-17(13)14(18)11-8-10(16)5-6-12(11)15/h5-6,8-9,13H,3-4,7H2,1-2H3. The average molecular weight is 422 g/mol. The van der Waals surface area contributed by atoms with Crippen LogP contribution in [0.4, 0.5) is 0 Å². The van der Waals surface area contributed by atoms with E-state index in [1.54, 1.807) is 0 Å². The van der Waals surface area contributed by atoms with Crippen LogP contribution in [0, 0.1) is 9.49 Å². The molecule has 4 heteroatoms. The maximum atomic E-state index is 12.6. The summed E-state index contributed by atoms with van der Waals surface area (Å²) in [7, 11) is 0. The van der Waals surface area contributed by atoms with Gasteiger partial charge >= 0.3 is 0 Å². The number of carbonyl (C=O) groups is 1. The van der Waals surface area contributed by atoms with Crippen molar-refractivity contribution in [3.63, 3.8) is 0 Å². The summed E-state index contributed by atoms with van der Waals surface area (Å²) in [5.41, 5.74) is 0.787. The lowest BCUT2D eigenvalue weighted by molar-refractivity contribution is 0.0700. The number of hydrogen-bond donors (Lipinski definition) is 0. The van der Waals surface area contributed by atoms with Crippen molar-refractivity contribution in [3.8, 4) is 0 Å². The summed E-state index contributed by atoms with van der Waals surface area (Å²) in [6, 6.07) is 6.31. The Balaban J connectivity index is 2.28. The van der Waals surface area contributed by atoms with Crippen LogP contribution >= 0.6 is 38.5 Å². The molecule has 2 rings (SSSR count). The van der Waals surface area contributed by atoms with Crippen LogP contribution in [0.1, 0.15) is 37.0 Å². The monoisotopic (exact) mass is 421 g/mol. The van der Waals surface area contributed by atoms with Gasteiger partial charge < -0.3 is 4.90 Å². The molecule has 1 fully saturated rings. The van der Waals surface area contributed by atoms with Crippen molar-refractivity contribution < 1.29 is 4.79 Å². The maximum absolute atomic E-state index is 12.6. The van der Waals surface area contributed by atoms with Gasteiger partial charge in [-0.3, -0.25) is 4.79 Å². The second kappa shape index (κ2) is 5.90. The van der Waals surface area contributed by atoms with Gasteiger partial charge in [0.2, 0.25) is 0 Å². The Hall–Kier alpha value is -0.100. The topological polar surface area (TPSA) is 20.3 Å². The molecule has 18 heavy (non-hydrogen) atoms. The zero-order chi connectivity index (χ0) is 13.3. The number of hydrogen-bond acceptors (Lipinski definition) is 1. The smallest absolute Gasteiger partial charge is 0.255 e. The van der Waals surface area contributed by atoms with Gasteiger partial charge in [-0.05, 0) is 75.5 Å². The van der Waals surface area contributed by atoms with Crippen LogP contribution in [0.25, 0.3) is 0 Å². The van der Waals surface area contributed by atoms with Crippen LogP contribution in [0.2, 0.25) is 0 Å². The average Bonchev–Trinajstić information content (AvgIpc) is 2.80. The normalized spacial score (nSPS) is 19.6. The summed E-state index contributed by atoms with van der Waals surface area (Å²) < 4.78 is 1.99. The quantitative estimate of drug-likeness (QED) is 0.651. The highest BCUT2D eigenvalue weighted by molar-refractivity contribution is 14.1. The van der Waals surface area contributed by atoms with E-state index in [9.17, 15) is 4.79 Å². The zero-order valence-electron chi connectivity index (χ0n) is 10.6. The van der Waals surface area contributed by atoms with Crippen molar-refractivity contribution in [2.45, 2.75) is 32.7 Å². The summed E-state index contributed by atoms with van der Waals surface area (Å²) in [5, 5.41) is 0. The molecule has 1 aliphatic rings. The molecular weight excluding hydrogens is 405 g/mol. The lowest BCUT2D eigenvalue weighted by Crippen LogP contribution is -2.38. The maximum Gasteiger partial charge on any atom is 0.255 e. The number of carbonyl (C=O) groups excluding carboxylic acids is 1. The molecule has 0 spiro atoms. The Morgan fingerprint density at radius 3 is 2.89 bits per heavy atom. The molecule has 0 aliphatic carbocycles. The van der Waals surface area contributed by atoms with Gasteiger partial charge in [-0.2, -0.15) is 0 Å². The van der Waals surface area contributed by atoms with Crippen molar-refractivity contribution in [3.05, 3.63) is 31.8 Å². The van der Waals surface area contributed by atoms with Gasteiger partial charge in [0.15, 0.2) is 0 Å². The van der Waals surface area contributed by atoms with Crippen molar-refractivity contribution in [2.75, 3.05) is 6.54 Å². The third-order valence-corrected chi connectivity index (χ3v) is 4.85. The molecule has 1 aliphatic heterocycles. The van der Waals surface area contributed by atoms with Crippen LogP contribution in [0.5, 0.6) is 0 Å². The summed E-state index contributed by atoms with van der Waals surface area (Å²) in [4.78, 5) is 14.7. The highest BCUT2D eigenvalue weighted by Crippen LogP contribution is 2.28. The Kier molecular flexibility index (Phi) is 4.69. The molecular formula is C14H17BrINO. The number of rotatable bonds is 2. The fourth-order valence-electron chi connectivity index (χ4n) is 2.55. The minimum atomic E-state index is 0.164. The minimum absolute atomic E-state index is 0.164. The fraction of sp³-hybridized carbons (Fsp3) is 0.500. The minimum Gasteiger partial charge on any atom is -0.335 e. The summed E-state index contributed by atoms with van der Waals surface area (Å²) in [6.07, 6.45) is 2.25. The van der Waals surface area contributed by atoms with E-state index in [1.807, 2.05) is 23.1 Å². The molecule has 1 amide bonds. The Bertz CT molecular complexity index is 461. The Morgan fingerprint density at radius 1 is 1.50 bits per heavy atom. The number of nitrogens with zero attached hydrogens (tertiary/aromatic N) is 1. The van der Waals surface area contributed by atoms with Crippen molar-refractivity contribution in [2.24, 2.45) is 5.92 Å². The van der Waals surface area contributed by atoms with E-state index in [0.29, 0.717) is 12.0 Å². The summed E-state index contributed by atoms with van der Waals surface area (Å²) in [5.74, 6) is 0.689. The number of benzene rings is 1. The van der Waals surface area contributed by atoms with E-state index in [-0.39, 0.29) is 5.91 Å². The lowest BCUT2D eigenvalue weighted by atomic mass is 10.0. The summed E-state index contributed by atoms with van der Waals surface area (Å²) in [6.45, 7) is 5.28. The number of likely N-dealkylation sites (tertiary alicyclic amines) is 1. The highest BCUT2D eigenvalue weighted by atomic mass is 127. The predicted molar refractivity (Wildman–Crippen MR) is 85.8 cm³/mol. The van der Waals surface area contributed by atoms with Crippen LogP contribution in [-0.4, -0.2) is 23.4 Å². The molecule has 1 heterocycles. The first-order chi connectivity index (χ1) is 8.50. The van der Waals surface area contributed by atoms with E-state index in [1.165, 1.54) is 0 Å². The Labute approximate surface area is 130 Å². The van der Waals surface area contributed by atoms with E-state index in [0.717, 1.165) is 33.0 Å². The SMILES string of the molecule is CC(C)C1CCCN1C(=O)c1cc(I)ccc1Br. The first kappa shape index (κ1) is 14.3. The van der Waals surface area contributed by atoms with Crippen molar-refractivity contribution in [1.29, 1.82) is 0 Å². The molecule has 0 bridgehead atoms. The molecule has 2 nitrogen and oxygen atoms in total. The first-order valence-corrected chi connectivity index (χ1v) is 8.14. The largest absolute Gasteiger partial charge is 0.335 e. The van der Waals surface area contributed by atoms with E-state index in [2.05, 4.69) is 52.4 Å². The molecule has 0 aromatic heterocycles. The lowest BCUT2D eigenvalue weighted by Gasteiger charge is -2.28. The van der Waals surface area contributed by atoms with Gasteiger partial charge in [0.05, 0.1) is 5.56 Å². The second-order valence-corrected chi connectivity index (χ2v) is 7.18. The molecule has 1 aromatic carbocycles. The van der Waals surface area contributed by atoms with Gasteiger partial charge in [0.1, 0.15) is 0 Å². The fourth-order valence-corrected chi connectivity index (χ4v) is 3.46. The first-order valence-electron chi connectivity index (χ1n) is 6.26. The van der Waals surface area contributed by atoms with Crippen molar-refractivity contribution >= 4 is 44.4 Å². The molecule has 1 unspecified atom stereocenters. The predicted octanol–water partition coefficient (Wildman–Crippen LogP) is 4.31. The van der Waals surface area contributed by atoms with Gasteiger partial charge in [0.25, 0.3) is 5.91 Å². The van der Waals surface area contributed by atoms with Crippen molar-refractivity contribution in [1.82, 2.24) is 4.90 Å². The number of amides is 1. The van der Waals surface area contributed by atoms with E-state index >= 15 is 0 Å². The van der Waals surface area contributed by atoms with Gasteiger partial charge in [-0.15, -0.1) is 0 Å². The third kappa shape index (κ3) is 2.90. The zero-order valence-corrected chi connectivity index (χ0v) is 14.4. The van der Waals surface area contributed by atoms with E-state index in [4.69, 9.17) is 0 Å². The molecule has 0 N–H and O–H groups in total. The molecule has 98 valence electrons. The van der Waals surface area contributed by atoms with Gasteiger partial charge in [-0.1, -0.05) is 13.8 Å². The number of halogens is 2. The third-order valence-electron chi connectivity index (χ3n) is 3.49. The van der Waals surface area contributed by atoms with Gasteiger partial charge in [-0.25, -0.2) is 0 Å². The van der Waals surface area contributed by atoms with Crippen LogP contribution in [0.15, 0.2) is 22.7 Å². The van der Waals surface area contributed by atoms with Crippen LogP contribution in [0.3, 0.4) is 0 Å². The summed E-state index contributed by atoms with van der Waals surface area (Å²) >= 11 is 5.73. The second-order valence-electron chi connectivity index (χ2n) is 5.08. The highest BCUT2D eigenvalue weighted by Gasteiger charge is 2.32. The molecule has 0 saturated carbocycles. The van der Waals surface area contributed by atoms with Gasteiger partial charge in [0, 0.05) is 20.6 Å². The molecule has 1 atom stereocenters. The van der Waals surface area contributed by atoms with Crippen LogP contribution in [-0.2, 0) is 0 Å². The molecule has 1 aromatic rings.